The number of benzene rings is 1. The van der Waals surface area contributed by atoms with Gasteiger partial charge in [0.1, 0.15) is 23.7 Å². The third-order valence-electron chi connectivity index (χ3n) is 3.47. The van der Waals surface area contributed by atoms with Crippen molar-refractivity contribution in [2.24, 2.45) is 5.73 Å². The summed E-state index contributed by atoms with van der Waals surface area (Å²) >= 11 is 0. The lowest BCUT2D eigenvalue weighted by molar-refractivity contribution is 0.0724. The van der Waals surface area contributed by atoms with E-state index in [1.54, 1.807) is 18.5 Å². The number of rotatable bonds is 3. The van der Waals surface area contributed by atoms with Crippen molar-refractivity contribution >= 4 is 0 Å². The van der Waals surface area contributed by atoms with Crippen LogP contribution in [0.1, 0.15) is 37.7 Å². The molecule has 5 nitrogen and oxygen atoms in total. The Kier molecular flexibility index (Phi) is 3.51. The van der Waals surface area contributed by atoms with Crippen LogP contribution in [0.4, 0.5) is 0 Å². The Labute approximate surface area is 124 Å². The van der Waals surface area contributed by atoms with E-state index in [9.17, 15) is 0 Å². The minimum atomic E-state index is -0.256. The molecule has 0 saturated carbocycles. The van der Waals surface area contributed by atoms with Crippen LogP contribution >= 0.6 is 0 Å². The van der Waals surface area contributed by atoms with Gasteiger partial charge in [0.05, 0.1) is 0 Å². The summed E-state index contributed by atoms with van der Waals surface area (Å²) in [6, 6.07) is 7.54. The Morgan fingerprint density at radius 3 is 2.86 bits per heavy atom. The highest BCUT2D eigenvalue weighted by atomic mass is 16.5. The van der Waals surface area contributed by atoms with E-state index in [1.165, 1.54) is 0 Å². The van der Waals surface area contributed by atoms with Gasteiger partial charge in [-0.05, 0) is 26.0 Å². The minimum absolute atomic E-state index is 0.00439. The van der Waals surface area contributed by atoms with E-state index >= 15 is 0 Å². The van der Waals surface area contributed by atoms with E-state index in [2.05, 4.69) is 9.97 Å². The Hall–Kier alpha value is -2.14. The molecule has 0 fully saturated rings. The lowest BCUT2D eigenvalue weighted by Gasteiger charge is -2.36. The molecule has 0 saturated heterocycles. The fourth-order valence-corrected chi connectivity index (χ4v) is 2.53. The molecule has 2 N–H and O–H groups in total. The second kappa shape index (κ2) is 5.33. The molecule has 0 spiro atoms. The maximum absolute atomic E-state index is 6.20. The molecule has 3 rings (SSSR count). The zero-order valence-electron chi connectivity index (χ0n) is 12.2. The maximum atomic E-state index is 6.20. The van der Waals surface area contributed by atoms with Crippen LogP contribution in [-0.4, -0.2) is 15.6 Å². The monoisotopic (exact) mass is 285 g/mol. The van der Waals surface area contributed by atoms with E-state index in [0.29, 0.717) is 12.4 Å². The first kappa shape index (κ1) is 13.8. The van der Waals surface area contributed by atoms with Crippen LogP contribution in [0.3, 0.4) is 0 Å². The van der Waals surface area contributed by atoms with E-state index in [4.69, 9.17) is 15.2 Å². The SMILES string of the molecule is CC1(C)CC(N)c2ccc(OCc3ncccn3)cc2O1. The number of hydrogen-bond donors (Lipinski definition) is 1. The van der Waals surface area contributed by atoms with Gasteiger partial charge in [0.25, 0.3) is 0 Å². The first-order valence-electron chi connectivity index (χ1n) is 7.01. The number of hydrogen-bond acceptors (Lipinski definition) is 5. The van der Waals surface area contributed by atoms with Gasteiger partial charge >= 0.3 is 0 Å². The quantitative estimate of drug-likeness (QED) is 0.938. The van der Waals surface area contributed by atoms with Gasteiger partial charge in [-0.2, -0.15) is 0 Å². The lowest BCUT2D eigenvalue weighted by Crippen LogP contribution is -2.37. The summed E-state index contributed by atoms with van der Waals surface area (Å²) in [4.78, 5) is 8.26. The van der Waals surface area contributed by atoms with Crippen LogP contribution < -0.4 is 15.2 Å². The molecular weight excluding hydrogens is 266 g/mol. The van der Waals surface area contributed by atoms with Crippen molar-refractivity contribution in [2.75, 3.05) is 0 Å². The Bertz CT molecular complexity index is 629. The number of ether oxygens (including phenoxy) is 2. The molecule has 1 aliphatic heterocycles. The van der Waals surface area contributed by atoms with E-state index in [-0.39, 0.29) is 11.6 Å². The lowest BCUT2D eigenvalue weighted by atomic mass is 9.90. The summed E-state index contributed by atoms with van der Waals surface area (Å²) in [7, 11) is 0. The first-order chi connectivity index (χ1) is 10.0. The average molecular weight is 285 g/mol. The summed E-state index contributed by atoms with van der Waals surface area (Å²) in [5, 5.41) is 0. The van der Waals surface area contributed by atoms with Crippen LogP contribution in [0.15, 0.2) is 36.7 Å². The summed E-state index contributed by atoms with van der Waals surface area (Å²) in [6.07, 6.45) is 4.20. The van der Waals surface area contributed by atoms with Crippen molar-refractivity contribution < 1.29 is 9.47 Å². The molecule has 0 amide bonds. The topological polar surface area (TPSA) is 70.3 Å². The van der Waals surface area contributed by atoms with Gasteiger partial charge in [-0.25, -0.2) is 9.97 Å². The van der Waals surface area contributed by atoms with E-state index in [0.717, 1.165) is 23.5 Å². The molecule has 0 bridgehead atoms. The van der Waals surface area contributed by atoms with Crippen molar-refractivity contribution in [3.63, 3.8) is 0 Å². The maximum Gasteiger partial charge on any atom is 0.166 e. The van der Waals surface area contributed by atoms with Crippen molar-refractivity contribution in [3.05, 3.63) is 48.0 Å². The zero-order chi connectivity index (χ0) is 14.9. The molecule has 1 aromatic heterocycles. The van der Waals surface area contributed by atoms with Gasteiger partial charge in [0.2, 0.25) is 0 Å². The van der Waals surface area contributed by atoms with Gasteiger partial charge in [-0.15, -0.1) is 0 Å². The molecule has 2 heterocycles. The molecule has 110 valence electrons. The number of nitrogens with zero attached hydrogens (tertiary/aromatic N) is 2. The van der Waals surface area contributed by atoms with Gasteiger partial charge in [0.15, 0.2) is 5.82 Å². The molecule has 1 atom stereocenters. The highest BCUT2D eigenvalue weighted by molar-refractivity contribution is 5.44. The molecule has 0 aliphatic carbocycles. The number of aromatic nitrogens is 2. The Morgan fingerprint density at radius 1 is 1.33 bits per heavy atom. The van der Waals surface area contributed by atoms with Crippen molar-refractivity contribution in [1.82, 2.24) is 9.97 Å². The van der Waals surface area contributed by atoms with Crippen LogP contribution in [-0.2, 0) is 6.61 Å². The smallest absolute Gasteiger partial charge is 0.166 e. The fraction of sp³-hybridized carbons (Fsp3) is 0.375. The molecule has 0 radical (unpaired) electrons. The van der Waals surface area contributed by atoms with Crippen molar-refractivity contribution in [1.29, 1.82) is 0 Å². The third kappa shape index (κ3) is 3.13. The fourth-order valence-electron chi connectivity index (χ4n) is 2.53. The second-order valence-electron chi connectivity index (χ2n) is 5.83. The minimum Gasteiger partial charge on any atom is -0.487 e. The van der Waals surface area contributed by atoms with Crippen molar-refractivity contribution in [3.8, 4) is 11.5 Å². The summed E-state index contributed by atoms with van der Waals surface area (Å²) in [6.45, 7) is 4.41. The Balaban J connectivity index is 1.77. The van der Waals surface area contributed by atoms with Gasteiger partial charge in [-0.3, -0.25) is 0 Å². The van der Waals surface area contributed by atoms with Crippen LogP contribution in [0.25, 0.3) is 0 Å². The van der Waals surface area contributed by atoms with E-state index < -0.39 is 0 Å². The normalized spacial score (nSPS) is 19.5. The predicted octanol–water partition coefficient (Wildman–Crippen LogP) is 2.62. The van der Waals surface area contributed by atoms with Crippen LogP contribution in [0.2, 0.25) is 0 Å². The summed E-state index contributed by atoms with van der Waals surface area (Å²) < 4.78 is 11.7. The molecule has 1 aromatic carbocycles. The second-order valence-corrected chi connectivity index (χ2v) is 5.83. The van der Waals surface area contributed by atoms with Crippen LogP contribution in [0.5, 0.6) is 11.5 Å². The first-order valence-corrected chi connectivity index (χ1v) is 7.01. The molecular formula is C16H19N3O2. The highest BCUT2D eigenvalue weighted by Crippen LogP contribution is 2.40. The molecule has 2 aromatic rings. The highest BCUT2D eigenvalue weighted by Gasteiger charge is 2.31. The predicted molar refractivity (Wildman–Crippen MR) is 79.1 cm³/mol. The van der Waals surface area contributed by atoms with Crippen LogP contribution in [0, 0.1) is 0 Å². The van der Waals surface area contributed by atoms with E-state index in [1.807, 2.05) is 32.0 Å². The zero-order valence-corrected chi connectivity index (χ0v) is 12.2. The molecule has 5 heteroatoms. The summed E-state index contributed by atoms with van der Waals surface area (Å²) in [5.41, 5.74) is 6.97. The Morgan fingerprint density at radius 2 is 2.10 bits per heavy atom. The average Bonchev–Trinajstić information content (AvgIpc) is 2.44. The van der Waals surface area contributed by atoms with Crippen molar-refractivity contribution in [2.45, 2.75) is 38.5 Å². The van der Waals surface area contributed by atoms with Gasteiger partial charge in [0, 0.05) is 36.5 Å². The molecule has 21 heavy (non-hydrogen) atoms. The van der Waals surface area contributed by atoms with Gasteiger partial charge in [-0.1, -0.05) is 6.07 Å². The largest absolute Gasteiger partial charge is 0.487 e. The standard InChI is InChI=1S/C16H19N3O2/c1-16(2)9-13(17)12-5-4-11(8-14(12)21-16)20-10-15-18-6-3-7-19-15/h3-8,13H,9-10,17H2,1-2H3. The molecule has 1 aliphatic rings. The van der Waals surface area contributed by atoms with Gasteiger partial charge < -0.3 is 15.2 Å². The number of nitrogens with two attached hydrogens (primary N) is 1. The third-order valence-corrected chi connectivity index (χ3v) is 3.47. The summed E-state index contributed by atoms with van der Waals surface area (Å²) in [5.74, 6) is 2.17. The molecule has 1 unspecified atom stereocenters. The number of fused-ring (bicyclic) bond motifs is 1.